The highest BCUT2D eigenvalue weighted by Gasteiger charge is 2.29. The van der Waals surface area contributed by atoms with Crippen molar-refractivity contribution in [1.29, 1.82) is 0 Å². The van der Waals surface area contributed by atoms with Crippen LogP contribution in [0.5, 0.6) is 5.75 Å². The van der Waals surface area contributed by atoms with Crippen molar-refractivity contribution in [2.75, 3.05) is 19.7 Å². The van der Waals surface area contributed by atoms with E-state index in [0.29, 0.717) is 30.3 Å². The van der Waals surface area contributed by atoms with Crippen molar-refractivity contribution in [3.8, 4) is 5.75 Å². The molecule has 2 unspecified atom stereocenters. The lowest BCUT2D eigenvalue weighted by molar-refractivity contribution is -0.119. The van der Waals surface area contributed by atoms with Crippen LogP contribution in [0.3, 0.4) is 0 Å². The fourth-order valence-electron chi connectivity index (χ4n) is 2.78. The second kappa shape index (κ2) is 7.26. The topological polar surface area (TPSA) is 98.6 Å². The zero-order chi connectivity index (χ0) is 16.1. The molecule has 0 aliphatic carbocycles. The molecule has 6 heteroatoms. The van der Waals surface area contributed by atoms with Gasteiger partial charge in [0.2, 0.25) is 0 Å². The molecule has 0 saturated carbocycles. The van der Waals surface area contributed by atoms with Crippen molar-refractivity contribution in [3.05, 3.63) is 29.8 Å². The summed E-state index contributed by atoms with van der Waals surface area (Å²) >= 11 is 0. The fraction of sp³-hybridized carbons (Fsp3) is 0.500. The van der Waals surface area contributed by atoms with E-state index in [-0.39, 0.29) is 18.6 Å². The standard InChI is InChI=1S/C16H23N3O3/c1-11-5-6-19(13(7-11)9-17)16(21)12-3-2-4-14(8-12)22-10-15(18)20/h2-4,8,11,13H,5-7,9-10,17H2,1H3,(H2,18,20). The summed E-state index contributed by atoms with van der Waals surface area (Å²) in [5.74, 6) is 0.443. The first kappa shape index (κ1) is 16.3. The summed E-state index contributed by atoms with van der Waals surface area (Å²) in [5.41, 5.74) is 11.4. The second-order valence-electron chi connectivity index (χ2n) is 5.80. The van der Waals surface area contributed by atoms with Crippen LogP contribution in [0.2, 0.25) is 0 Å². The molecule has 0 bridgehead atoms. The number of nitrogens with two attached hydrogens (primary N) is 2. The van der Waals surface area contributed by atoms with Gasteiger partial charge in [-0.15, -0.1) is 0 Å². The van der Waals surface area contributed by atoms with Crippen molar-refractivity contribution >= 4 is 11.8 Å². The number of nitrogens with zero attached hydrogens (tertiary/aromatic N) is 1. The fourth-order valence-corrected chi connectivity index (χ4v) is 2.78. The first-order valence-electron chi connectivity index (χ1n) is 7.53. The van der Waals surface area contributed by atoms with Gasteiger partial charge in [0.25, 0.3) is 11.8 Å². The van der Waals surface area contributed by atoms with Crippen molar-refractivity contribution in [3.63, 3.8) is 0 Å². The van der Waals surface area contributed by atoms with E-state index >= 15 is 0 Å². The molecule has 0 aromatic heterocycles. The SMILES string of the molecule is CC1CCN(C(=O)c2cccc(OCC(N)=O)c2)C(CN)C1. The minimum absolute atomic E-state index is 0.0492. The van der Waals surface area contributed by atoms with E-state index in [9.17, 15) is 9.59 Å². The Labute approximate surface area is 130 Å². The van der Waals surface area contributed by atoms with Gasteiger partial charge >= 0.3 is 0 Å². The van der Waals surface area contributed by atoms with Gasteiger partial charge < -0.3 is 21.1 Å². The third-order valence-corrected chi connectivity index (χ3v) is 3.97. The van der Waals surface area contributed by atoms with Crippen molar-refractivity contribution < 1.29 is 14.3 Å². The number of hydrogen-bond acceptors (Lipinski definition) is 4. The summed E-state index contributed by atoms with van der Waals surface area (Å²) in [6.45, 7) is 3.16. The number of carbonyl (C=O) groups excluding carboxylic acids is 2. The predicted molar refractivity (Wildman–Crippen MR) is 83.4 cm³/mol. The lowest BCUT2D eigenvalue weighted by Crippen LogP contribution is -2.49. The molecule has 1 aromatic carbocycles. The molecule has 1 fully saturated rings. The molecule has 0 radical (unpaired) electrons. The number of hydrogen-bond donors (Lipinski definition) is 2. The first-order valence-corrected chi connectivity index (χ1v) is 7.53. The van der Waals surface area contributed by atoms with E-state index < -0.39 is 5.91 Å². The molecule has 1 aliphatic heterocycles. The van der Waals surface area contributed by atoms with E-state index in [1.54, 1.807) is 24.3 Å². The van der Waals surface area contributed by atoms with Crippen LogP contribution >= 0.6 is 0 Å². The third kappa shape index (κ3) is 3.98. The molecule has 1 heterocycles. The highest BCUT2D eigenvalue weighted by atomic mass is 16.5. The Morgan fingerprint density at radius 2 is 2.18 bits per heavy atom. The maximum atomic E-state index is 12.7. The number of primary amides is 1. The highest BCUT2D eigenvalue weighted by molar-refractivity contribution is 5.95. The van der Waals surface area contributed by atoms with Gasteiger partial charge in [0, 0.05) is 24.7 Å². The lowest BCUT2D eigenvalue weighted by Gasteiger charge is -2.38. The van der Waals surface area contributed by atoms with Gasteiger partial charge in [0.15, 0.2) is 6.61 Å². The zero-order valence-electron chi connectivity index (χ0n) is 12.8. The maximum absolute atomic E-state index is 12.7. The number of rotatable bonds is 5. The summed E-state index contributed by atoms with van der Waals surface area (Å²) < 4.78 is 5.25. The normalized spacial score (nSPS) is 21.5. The predicted octanol–water partition coefficient (Wildman–Crippen LogP) is 0.750. The van der Waals surface area contributed by atoms with Crippen molar-refractivity contribution in [2.24, 2.45) is 17.4 Å². The zero-order valence-corrected chi connectivity index (χ0v) is 12.8. The maximum Gasteiger partial charge on any atom is 0.255 e. The average Bonchev–Trinajstić information content (AvgIpc) is 2.52. The lowest BCUT2D eigenvalue weighted by atomic mass is 9.92. The number of benzene rings is 1. The third-order valence-electron chi connectivity index (χ3n) is 3.97. The highest BCUT2D eigenvalue weighted by Crippen LogP contribution is 2.24. The van der Waals surface area contributed by atoms with E-state index in [4.69, 9.17) is 16.2 Å². The number of amides is 2. The summed E-state index contributed by atoms with van der Waals surface area (Å²) in [5, 5.41) is 0. The molecule has 1 aliphatic rings. The van der Waals surface area contributed by atoms with Gasteiger partial charge in [-0.25, -0.2) is 0 Å². The van der Waals surface area contributed by atoms with Crippen LogP contribution in [0.15, 0.2) is 24.3 Å². The molecule has 120 valence electrons. The monoisotopic (exact) mass is 305 g/mol. The van der Waals surface area contributed by atoms with Gasteiger partial charge in [0.05, 0.1) is 0 Å². The number of carbonyl (C=O) groups is 2. The summed E-state index contributed by atoms with van der Waals surface area (Å²) in [6.07, 6.45) is 1.92. The Kier molecular flexibility index (Phi) is 5.38. The summed E-state index contributed by atoms with van der Waals surface area (Å²) in [4.78, 5) is 25.3. The van der Waals surface area contributed by atoms with E-state index in [0.717, 1.165) is 12.8 Å². The Balaban J connectivity index is 2.11. The molecular weight excluding hydrogens is 282 g/mol. The van der Waals surface area contributed by atoms with Crippen LogP contribution in [0, 0.1) is 5.92 Å². The molecule has 2 rings (SSSR count). The van der Waals surface area contributed by atoms with Gasteiger partial charge in [-0.2, -0.15) is 0 Å². The number of piperidine rings is 1. The Bertz CT molecular complexity index is 547. The first-order chi connectivity index (χ1) is 10.5. The van der Waals surface area contributed by atoms with E-state index in [1.807, 2.05) is 4.90 Å². The van der Waals surface area contributed by atoms with Gasteiger partial charge in [-0.3, -0.25) is 9.59 Å². The largest absolute Gasteiger partial charge is 0.484 e. The molecule has 0 spiro atoms. The minimum atomic E-state index is -0.551. The Morgan fingerprint density at radius 1 is 1.41 bits per heavy atom. The van der Waals surface area contributed by atoms with Crippen molar-refractivity contribution in [2.45, 2.75) is 25.8 Å². The molecule has 1 aromatic rings. The van der Waals surface area contributed by atoms with Crippen LogP contribution in [-0.4, -0.2) is 42.5 Å². The molecule has 22 heavy (non-hydrogen) atoms. The number of ether oxygens (including phenoxy) is 1. The van der Waals surface area contributed by atoms with Crippen LogP contribution in [-0.2, 0) is 4.79 Å². The Morgan fingerprint density at radius 3 is 2.86 bits per heavy atom. The van der Waals surface area contributed by atoms with Gasteiger partial charge in [0.1, 0.15) is 5.75 Å². The van der Waals surface area contributed by atoms with E-state index in [1.165, 1.54) is 0 Å². The van der Waals surface area contributed by atoms with Gasteiger partial charge in [-0.05, 0) is 37.0 Å². The quantitative estimate of drug-likeness (QED) is 0.838. The van der Waals surface area contributed by atoms with Crippen LogP contribution in [0.4, 0.5) is 0 Å². The smallest absolute Gasteiger partial charge is 0.255 e. The summed E-state index contributed by atoms with van der Waals surface area (Å²) in [6, 6.07) is 6.87. The van der Waals surface area contributed by atoms with Crippen LogP contribution in [0.25, 0.3) is 0 Å². The van der Waals surface area contributed by atoms with Crippen molar-refractivity contribution in [1.82, 2.24) is 4.90 Å². The van der Waals surface area contributed by atoms with Crippen LogP contribution in [0.1, 0.15) is 30.1 Å². The number of likely N-dealkylation sites (tertiary alicyclic amines) is 1. The average molecular weight is 305 g/mol. The molecule has 2 atom stereocenters. The minimum Gasteiger partial charge on any atom is -0.484 e. The van der Waals surface area contributed by atoms with E-state index in [2.05, 4.69) is 6.92 Å². The van der Waals surface area contributed by atoms with Crippen LogP contribution < -0.4 is 16.2 Å². The summed E-state index contributed by atoms with van der Waals surface area (Å²) in [7, 11) is 0. The van der Waals surface area contributed by atoms with Gasteiger partial charge in [-0.1, -0.05) is 13.0 Å². The molecule has 4 N–H and O–H groups in total. The molecule has 2 amide bonds. The molecule has 6 nitrogen and oxygen atoms in total. The molecular formula is C16H23N3O3. The molecule has 1 saturated heterocycles. The second-order valence-corrected chi connectivity index (χ2v) is 5.80. The Hall–Kier alpha value is -2.08.